The minimum atomic E-state index is -1.07. The van der Waals surface area contributed by atoms with Gasteiger partial charge in [0, 0.05) is 10.4 Å². The van der Waals surface area contributed by atoms with Gasteiger partial charge in [-0.2, -0.15) is 0 Å². The minimum Gasteiger partial charge on any atom is -0.495 e. The van der Waals surface area contributed by atoms with E-state index in [9.17, 15) is 9.59 Å². The van der Waals surface area contributed by atoms with E-state index in [-0.39, 0.29) is 0 Å². The third kappa shape index (κ3) is 4.24. The number of hydrogen-bond donors (Lipinski definition) is 1. The van der Waals surface area contributed by atoms with E-state index in [0.717, 1.165) is 24.8 Å². The maximum Gasteiger partial charge on any atom is 0.349 e. The summed E-state index contributed by atoms with van der Waals surface area (Å²) in [6.45, 7) is 1.93. The van der Waals surface area contributed by atoms with E-state index >= 15 is 0 Å². The number of fused-ring (bicyclic) bond motifs is 1. The lowest BCUT2D eigenvalue weighted by molar-refractivity contribution is -0.125. The minimum absolute atomic E-state index is 0.428. The van der Waals surface area contributed by atoms with Crippen LogP contribution in [0.4, 0.5) is 5.69 Å². The van der Waals surface area contributed by atoms with Crippen LogP contribution in [0.25, 0.3) is 0 Å². The van der Waals surface area contributed by atoms with Crippen LogP contribution in [0.2, 0.25) is 0 Å². The van der Waals surface area contributed by atoms with E-state index in [2.05, 4.69) is 5.32 Å². The van der Waals surface area contributed by atoms with Gasteiger partial charge in [0.25, 0.3) is 5.91 Å². The molecule has 1 aromatic heterocycles. The molecule has 0 bridgehead atoms. The molecule has 0 radical (unpaired) electrons. The van der Waals surface area contributed by atoms with Crippen LogP contribution in [0.5, 0.6) is 5.75 Å². The molecule has 0 fully saturated rings. The number of thiophene rings is 1. The highest BCUT2D eigenvalue weighted by Gasteiger charge is 2.28. The van der Waals surface area contributed by atoms with Crippen molar-refractivity contribution >= 4 is 28.9 Å². The number of anilines is 1. The first kappa shape index (κ1) is 20.2. The van der Waals surface area contributed by atoms with E-state index < -0.39 is 18.0 Å². The van der Waals surface area contributed by atoms with Gasteiger partial charge in [-0.15, -0.1) is 11.3 Å². The van der Waals surface area contributed by atoms with Crippen LogP contribution in [0.15, 0.2) is 54.6 Å². The number of carbonyl (C=O) groups is 2. The van der Waals surface area contributed by atoms with E-state index in [1.54, 1.807) is 25.3 Å². The Balaban J connectivity index is 1.59. The lowest BCUT2D eigenvalue weighted by Gasteiger charge is -2.19. The van der Waals surface area contributed by atoms with Crippen molar-refractivity contribution < 1.29 is 19.1 Å². The number of esters is 1. The van der Waals surface area contributed by atoms with Gasteiger partial charge in [0.05, 0.1) is 12.8 Å². The fraction of sp³-hybridized carbons (Fsp3) is 0.250. The monoisotopic (exact) mass is 421 g/mol. The standard InChI is InChI=1S/C24H23NO4S/c1-15-11-12-19(28-2)18(13-15)25-23(26)22(16-7-4-3-5-8-16)29-24(27)21-14-17-9-6-10-20(17)30-21/h3-5,7-8,11-14,22H,6,9-10H2,1-2H3,(H,25,26). The van der Waals surface area contributed by atoms with Crippen molar-refractivity contribution in [3.8, 4) is 5.75 Å². The molecule has 6 heteroatoms. The second-order valence-electron chi connectivity index (χ2n) is 7.30. The van der Waals surface area contributed by atoms with Crippen LogP contribution < -0.4 is 10.1 Å². The Hall–Kier alpha value is -3.12. The number of hydrogen-bond acceptors (Lipinski definition) is 5. The predicted molar refractivity (Wildman–Crippen MR) is 117 cm³/mol. The highest BCUT2D eigenvalue weighted by Crippen LogP contribution is 2.33. The normalized spacial score (nSPS) is 13.4. The number of amides is 1. The molecule has 2 aromatic carbocycles. The molecule has 154 valence electrons. The summed E-state index contributed by atoms with van der Waals surface area (Å²) in [4.78, 5) is 27.8. The summed E-state index contributed by atoms with van der Waals surface area (Å²) in [5.74, 6) is -0.362. The van der Waals surface area contributed by atoms with Gasteiger partial charge in [0.1, 0.15) is 10.6 Å². The number of carbonyl (C=O) groups excluding carboxylic acids is 2. The molecule has 1 aliphatic carbocycles. The number of aryl methyl sites for hydroxylation is 3. The van der Waals surface area contributed by atoms with E-state index in [1.807, 2.05) is 43.3 Å². The summed E-state index contributed by atoms with van der Waals surface area (Å²) in [6.07, 6.45) is 2.06. The SMILES string of the molecule is COc1ccc(C)cc1NC(=O)C(OC(=O)c1cc2c(s1)CCC2)c1ccccc1. The molecule has 3 aromatic rings. The second kappa shape index (κ2) is 8.71. The summed E-state index contributed by atoms with van der Waals surface area (Å²) in [6, 6.07) is 16.5. The highest BCUT2D eigenvalue weighted by atomic mass is 32.1. The molecule has 1 amide bonds. The Labute approximate surface area is 179 Å². The molecule has 4 rings (SSSR count). The molecule has 0 saturated heterocycles. The Kier molecular flexibility index (Phi) is 5.86. The van der Waals surface area contributed by atoms with Crippen LogP contribution in [-0.4, -0.2) is 19.0 Å². The van der Waals surface area contributed by atoms with E-state index in [0.29, 0.717) is 21.9 Å². The van der Waals surface area contributed by atoms with Crippen LogP contribution in [0.1, 0.15) is 43.8 Å². The average Bonchev–Trinajstić information content (AvgIpc) is 3.35. The lowest BCUT2D eigenvalue weighted by Crippen LogP contribution is -2.26. The van der Waals surface area contributed by atoms with Gasteiger partial charge < -0.3 is 14.8 Å². The zero-order chi connectivity index (χ0) is 21.1. The number of methoxy groups -OCH3 is 1. The Morgan fingerprint density at radius 3 is 2.60 bits per heavy atom. The van der Waals surface area contributed by atoms with Crippen molar-refractivity contribution in [2.45, 2.75) is 32.3 Å². The zero-order valence-corrected chi connectivity index (χ0v) is 17.8. The molecule has 1 aliphatic rings. The number of nitrogens with one attached hydrogen (secondary N) is 1. The van der Waals surface area contributed by atoms with Gasteiger partial charge in [-0.25, -0.2) is 4.79 Å². The largest absolute Gasteiger partial charge is 0.495 e. The van der Waals surface area contributed by atoms with E-state index in [1.165, 1.54) is 21.8 Å². The van der Waals surface area contributed by atoms with Gasteiger partial charge in [-0.05, 0) is 55.5 Å². The summed E-state index contributed by atoms with van der Waals surface area (Å²) in [7, 11) is 1.55. The van der Waals surface area contributed by atoms with Gasteiger partial charge in [-0.3, -0.25) is 4.79 Å². The fourth-order valence-corrected chi connectivity index (χ4v) is 4.75. The Bertz CT molecular complexity index is 1050. The van der Waals surface area contributed by atoms with E-state index in [4.69, 9.17) is 9.47 Å². The van der Waals surface area contributed by atoms with Crippen molar-refractivity contribution in [3.05, 3.63) is 81.0 Å². The van der Waals surface area contributed by atoms with Crippen LogP contribution in [0, 0.1) is 6.92 Å². The maximum absolute atomic E-state index is 13.2. The van der Waals surface area contributed by atoms with Crippen molar-refractivity contribution in [1.29, 1.82) is 0 Å². The smallest absolute Gasteiger partial charge is 0.349 e. The van der Waals surface area contributed by atoms with Crippen molar-refractivity contribution in [2.24, 2.45) is 0 Å². The van der Waals surface area contributed by atoms with Gasteiger partial charge >= 0.3 is 5.97 Å². The van der Waals surface area contributed by atoms with Crippen molar-refractivity contribution in [1.82, 2.24) is 0 Å². The number of ether oxygens (including phenoxy) is 2. The Morgan fingerprint density at radius 2 is 1.87 bits per heavy atom. The average molecular weight is 422 g/mol. The van der Waals surface area contributed by atoms with Gasteiger partial charge in [-0.1, -0.05) is 36.4 Å². The number of benzene rings is 2. The third-order valence-corrected chi connectivity index (χ3v) is 6.34. The molecule has 0 spiro atoms. The quantitative estimate of drug-likeness (QED) is 0.563. The van der Waals surface area contributed by atoms with Gasteiger partial charge in [0.2, 0.25) is 6.10 Å². The Morgan fingerprint density at radius 1 is 1.07 bits per heavy atom. The summed E-state index contributed by atoms with van der Waals surface area (Å²) in [5, 5.41) is 2.86. The molecule has 0 aliphatic heterocycles. The molecule has 5 nitrogen and oxygen atoms in total. The lowest BCUT2D eigenvalue weighted by atomic mass is 10.1. The molecule has 1 unspecified atom stereocenters. The molecule has 0 saturated carbocycles. The van der Waals surface area contributed by atoms with Gasteiger partial charge in [0.15, 0.2) is 0 Å². The second-order valence-corrected chi connectivity index (χ2v) is 8.44. The third-order valence-electron chi connectivity index (χ3n) is 5.13. The molecule has 1 heterocycles. The maximum atomic E-state index is 13.2. The molecule has 1 N–H and O–H groups in total. The molecule has 1 atom stereocenters. The fourth-order valence-electron chi connectivity index (χ4n) is 3.61. The first-order chi connectivity index (χ1) is 14.5. The highest BCUT2D eigenvalue weighted by molar-refractivity contribution is 7.14. The molecular weight excluding hydrogens is 398 g/mol. The first-order valence-electron chi connectivity index (χ1n) is 9.88. The zero-order valence-electron chi connectivity index (χ0n) is 16.9. The van der Waals surface area contributed by atoms with Crippen LogP contribution in [0.3, 0.4) is 0 Å². The first-order valence-corrected chi connectivity index (χ1v) is 10.7. The molecule has 30 heavy (non-hydrogen) atoms. The van der Waals surface area contributed by atoms with Crippen molar-refractivity contribution in [2.75, 3.05) is 12.4 Å². The summed E-state index contributed by atoms with van der Waals surface area (Å²) < 4.78 is 11.1. The summed E-state index contributed by atoms with van der Waals surface area (Å²) in [5.41, 5.74) is 3.35. The summed E-state index contributed by atoms with van der Waals surface area (Å²) >= 11 is 1.46. The number of rotatable bonds is 6. The van der Waals surface area contributed by atoms with Crippen molar-refractivity contribution in [3.63, 3.8) is 0 Å². The van der Waals surface area contributed by atoms with Crippen LogP contribution in [-0.2, 0) is 22.4 Å². The molecular formula is C24H23NO4S. The predicted octanol–water partition coefficient (Wildman–Crippen LogP) is 5.09. The topological polar surface area (TPSA) is 64.6 Å². The van der Waals surface area contributed by atoms with Crippen LogP contribution >= 0.6 is 11.3 Å².